The first-order chi connectivity index (χ1) is 28.0. The summed E-state index contributed by atoms with van der Waals surface area (Å²) >= 11 is 0. The number of aliphatic hydroxyl groups is 4. The van der Waals surface area contributed by atoms with Gasteiger partial charge >= 0.3 is 11.9 Å². The van der Waals surface area contributed by atoms with Gasteiger partial charge in [-0.05, 0) is 48.6 Å². The highest BCUT2D eigenvalue weighted by molar-refractivity contribution is 5.93. The molecule has 5 N–H and O–H groups in total. The SMILES string of the molecule is CC(=O)O[C@@]12CO[C@@H]1C[C@H](O)[C@@]1(C)C(=O)[C@H](O)C3=C(C)[C@@H](OC(=O)[C@H]([C@H](C)O)[C@H](NCc4ccccc4)c4ccccc4)C[C@@](O)([C@@H](OCc4ccccc4)[C@H]21)C3(C)C. The van der Waals surface area contributed by atoms with E-state index in [0.29, 0.717) is 12.1 Å². The summed E-state index contributed by atoms with van der Waals surface area (Å²) in [6.07, 6.45) is -8.16. The van der Waals surface area contributed by atoms with Crippen LogP contribution in [0.2, 0.25) is 0 Å². The van der Waals surface area contributed by atoms with Gasteiger partial charge in [0.2, 0.25) is 0 Å². The summed E-state index contributed by atoms with van der Waals surface area (Å²) in [7, 11) is 0. The highest BCUT2D eigenvalue weighted by Gasteiger charge is 2.77. The fourth-order valence-electron chi connectivity index (χ4n) is 10.6. The molecule has 59 heavy (non-hydrogen) atoms. The third-order valence-electron chi connectivity index (χ3n) is 13.9. The topological polar surface area (TPSA) is 181 Å². The molecule has 0 radical (unpaired) electrons. The lowest BCUT2D eigenvalue weighted by molar-refractivity contribution is -0.351. The van der Waals surface area contributed by atoms with E-state index < -0.39 is 94.3 Å². The van der Waals surface area contributed by atoms with E-state index in [1.807, 2.05) is 91.0 Å². The van der Waals surface area contributed by atoms with Crippen LogP contribution in [0.25, 0.3) is 0 Å². The van der Waals surface area contributed by atoms with E-state index in [2.05, 4.69) is 5.32 Å². The summed E-state index contributed by atoms with van der Waals surface area (Å²) in [6, 6.07) is 27.5. The Bertz CT molecular complexity index is 2040. The fourth-order valence-corrected chi connectivity index (χ4v) is 10.6. The molecule has 0 amide bonds. The number of ether oxygens (including phenoxy) is 4. The molecule has 4 aliphatic rings. The van der Waals surface area contributed by atoms with Gasteiger partial charge in [0.25, 0.3) is 0 Å². The molecule has 0 unspecified atom stereocenters. The highest BCUT2D eigenvalue weighted by atomic mass is 16.6. The first-order valence-corrected chi connectivity index (χ1v) is 20.5. The van der Waals surface area contributed by atoms with Crippen molar-refractivity contribution in [3.63, 3.8) is 0 Å². The van der Waals surface area contributed by atoms with E-state index >= 15 is 4.79 Å². The molecule has 2 saturated carbocycles. The Kier molecular flexibility index (Phi) is 11.8. The van der Waals surface area contributed by atoms with Crippen LogP contribution >= 0.6 is 0 Å². The molecule has 316 valence electrons. The number of hydrogen-bond acceptors (Lipinski definition) is 12. The molecule has 7 rings (SSSR count). The maximum absolute atomic E-state index is 15.1. The Hall–Kier alpha value is -4.27. The summed E-state index contributed by atoms with van der Waals surface area (Å²) in [6.45, 7) is 9.61. The van der Waals surface area contributed by atoms with Crippen LogP contribution in [0.5, 0.6) is 0 Å². The number of nitrogens with one attached hydrogen (secondary N) is 1. The second-order valence-corrected chi connectivity index (χ2v) is 17.6. The van der Waals surface area contributed by atoms with Crippen molar-refractivity contribution in [1.29, 1.82) is 0 Å². The Morgan fingerprint density at radius 3 is 2.08 bits per heavy atom. The van der Waals surface area contributed by atoms with Crippen LogP contribution in [0.3, 0.4) is 0 Å². The third kappa shape index (κ3) is 7.26. The number of ketones is 1. The molecular formula is C47H57NO11. The largest absolute Gasteiger partial charge is 0.457 e. The number of fused-ring (bicyclic) bond motifs is 5. The highest BCUT2D eigenvalue weighted by Crippen LogP contribution is 2.64. The predicted molar refractivity (Wildman–Crippen MR) is 216 cm³/mol. The van der Waals surface area contributed by atoms with Gasteiger partial charge in [0, 0.05) is 43.7 Å². The van der Waals surface area contributed by atoms with Crippen molar-refractivity contribution in [1.82, 2.24) is 5.32 Å². The number of Topliss-reactive ketones (excluding diaryl/α,β-unsaturated/α-hetero) is 1. The van der Waals surface area contributed by atoms with E-state index in [1.54, 1.807) is 20.8 Å². The van der Waals surface area contributed by atoms with Crippen LogP contribution in [0.1, 0.15) is 77.1 Å². The Labute approximate surface area is 345 Å². The van der Waals surface area contributed by atoms with Gasteiger partial charge in [0.05, 0.1) is 36.9 Å². The van der Waals surface area contributed by atoms with Crippen LogP contribution < -0.4 is 5.32 Å². The lowest BCUT2D eigenvalue weighted by atomic mass is 9.44. The summed E-state index contributed by atoms with van der Waals surface area (Å²) < 4.78 is 25.3. The number of benzene rings is 3. The molecule has 1 aliphatic heterocycles. The number of carbonyl (C=O) groups excluding carboxylic acids is 3. The smallest absolute Gasteiger partial charge is 0.314 e. The fraction of sp³-hybridized carbons (Fsp3) is 0.511. The van der Waals surface area contributed by atoms with E-state index in [1.165, 1.54) is 20.8 Å². The van der Waals surface area contributed by atoms with Gasteiger partial charge in [-0.2, -0.15) is 0 Å². The van der Waals surface area contributed by atoms with Gasteiger partial charge in [0.1, 0.15) is 29.8 Å². The Morgan fingerprint density at radius 1 is 0.932 bits per heavy atom. The monoisotopic (exact) mass is 811 g/mol. The number of aliphatic hydroxyl groups excluding tert-OH is 3. The minimum Gasteiger partial charge on any atom is -0.457 e. The molecule has 3 aromatic carbocycles. The van der Waals surface area contributed by atoms with E-state index in [9.17, 15) is 30.0 Å². The van der Waals surface area contributed by atoms with Crippen LogP contribution in [0.4, 0.5) is 0 Å². The van der Waals surface area contributed by atoms with Crippen molar-refractivity contribution in [2.24, 2.45) is 22.7 Å². The summed E-state index contributed by atoms with van der Waals surface area (Å²) in [5, 5.41) is 52.7. The molecule has 1 heterocycles. The van der Waals surface area contributed by atoms with Crippen molar-refractivity contribution in [3.8, 4) is 0 Å². The van der Waals surface area contributed by atoms with Gasteiger partial charge in [-0.25, -0.2) is 0 Å². The molecule has 12 nitrogen and oxygen atoms in total. The van der Waals surface area contributed by atoms with E-state index in [4.69, 9.17) is 18.9 Å². The maximum atomic E-state index is 15.1. The molecule has 0 aromatic heterocycles. The van der Waals surface area contributed by atoms with Crippen LogP contribution in [-0.4, -0.2) is 92.6 Å². The van der Waals surface area contributed by atoms with Crippen LogP contribution in [0.15, 0.2) is 102 Å². The van der Waals surface area contributed by atoms with Crippen molar-refractivity contribution >= 4 is 17.7 Å². The summed E-state index contributed by atoms with van der Waals surface area (Å²) in [5.41, 5.74) is -3.81. The predicted octanol–water partition coefficient (Wildman–Crippen LogP) is 4.52. The van der Waals surface area contributed by atoms with Gasteiger partial charge in [-0.15, -0.1) is 0 Å². The second kappa shape index (κ2) is 16.3. The average Bonchev–Trinajstić information content (AvgIpc) is 3.20. The van der Waals surface area contributed by atoms with Crippen LogP contribution in [-0.2, 0) is 46.5 Å². The average molecular weight is 812 g/mol. The molecular weight excluding hydrogens is 755 g/mol. The molecule has 3 aliphatic carbocycles. The molecule has 2 bridgehead atoms. The maximum Gasteiger partial charge on any atom is 0.314 e. The Morgan fingerprint density at radius 2 is 1.53 bits per heavy atom. The number of esters is 2. The molecule has 3 fully saturated rings. The number of hydrogen-bond donors (Lipinski definition) is 5. The van der Waals surface area contributed by atoms with Crippen molar-refractivity contribution < 1.29 is 53.8 Å². The molecule has 12 heteroatoms. The first kappa shape index (κ1) is 42.8. The molecule has 12 atom stereocenters. The zero-order chi connectivity index (χ0) is 42.5. The van der Waals surface area contributed by atoms with Gasteiger partial charge in [-0.1, -0.05) is 105 Å². The van der Waals surface area contributed by atoms with E-state index in [0.717, 1.165) is 16.7 Å². The van der Waals surface area contributed by atoms with Crippen LogP contribution in [0, 0.1) is 22.7 Å². The lowest BCUT2D eigenvalue weighted by Crippen LogP contribution is -2.81. The quantitative estimate of drug-likeness (QED) is 0.128. The first-order valence-electron chi connectivity index (χ1n) is 20.5. The number of carbonyl (C=O) groups is 3. The minimum atomic E-state index is -2.04. The van der Waals surface area contributed by atoms with E-state index in [-0.39, 0.29) is 31.6 Å². The molecule has 1 saturated heterocycles. The zero-order valence-corrected chi connectivity index (χ0v) is 34.5. The zero-order valence-electron chi connectivity index (χ0n) is 34.5. The molecule has 3 aromatic rings. The Balaban J connectivity index is 1.34. The van der Waals surface area contributed by atoms with Crippen molar-refractivity contribution in [2.75, 3.05) is 6.61 Å². The minimum absolute atomic E-state index is 0.0383. The number of rotatable bonds is 12. The standard InChI is InChI=1S/C47H57NO11/c1-27-33(58-43(54)36(28(2)49)38(32-20-14-9-15-21-32)48-24-30-16-10-7-11-17-30)23-47(55)42(56-25-31-18-12-8-13-19-31)40-45(6,41(53)39(52)37(27)44(47,4)5)34(51)22-35-46(40,26-57-35)59-29(3)50/h7-21,28,33-36,38-40,42,48-49,51-52,55H,22-26H2,1-6H3/t28-,33-,34-,35+,36+,38+,39+,40-,42-,45+,46-,47+/m0/s1. The van der Waals surface area contributed by atoms with Gasteiger partial charge in [0.15, 0.2) is 11.4 Å². The molecule has 0 spiro atoms. The summed E-state index contributed by atoms with van der Waals surface area (Å²) in [4.78, 5) is 42.7. The lowest BCUT2D eigenvalue weighted by Gasteiger charge is -2.67. The van der Waals surface area contributed by atoms with Crippen molar-refractivity contribution in [3.05, 3.63) is 119 Å². The van der Waals surface area contributed by atoms with Crippen molar-refractivity contribution in [2.45, 2.75) is 121 Å². The second-order valence-electron chi connectivity index (χ2n) is 17.6. The van der Waals surface area contributed by atoms with Gasteiger partial charge in [-0.3, -0.25) is 14.4 Å². The van der Waals surface area contributed by atoms with Gasteiger partial charge < -0.3 is 44.7 Å². The summed E-state index contributed by atoms with van der Waals surface area (Å²) in [5.74, 6) is -4.52. The third-order valence-corrected chi connectivity index (χ3v) is 13.9. The normalized spacial score (nSPS) is 33.8.